The fraction of sp³-hybridized carbons (Fsp3) is 0.375. The van der Waals surface area contributed by atoms with Crippen molar-refractivity contribution in [3.63, 3.8) is 0 Å². The van der Waals surface area contributed by atoms with Gasteiger partial charge in [-0.1, -0.05) is 18.2 Å². The van der Waals surface area contributed by atoms with E-state index in [2.05, 4.69) is 0 Å². The predicted molar refractivity (Wildman–Crippen MR) is 71.9 cm³/mol. The SMILES string of the molecule is O=C1CCCCC=C1CC(=O)c1cccc(F)c1C(F)(F)F. The van der Waals surface area contributed by atoms with Crippen LogP contribution in [0.4, 0.5) is 17.6 Å². The Kier molecular flexibility index (Phi) is 4.78. The Labute approximate surface area is 124 Å². The molecular formula is C16H14F4O2. The van der Waals surface area contributed by atoms with Crippen LogP contribution in [-0.4, -0.2) is 11.6 Å². The number of hydrogen-bond donors (Lipinski definition) is 0. The van der Waals surface area contributed by atoms with E-state index >= 15 is 0 Å². The third kappa shape index (κ3) is 3.61. The molecule has 118 valence electrons. The van der Waals surface area contributed by atoms with Gasteiger partial charge >= 0.3 is 6.18 Å². The molecule has 0 spiro atoms. The largest absolute Gasteiger partial charge is 0.419 e. The zero-order chi connectivity index (χ0) is 16.3. The summed E-state index contributed by atoms with van der Waals surface area (Å²) in [6.45, 7) is 0. The van der Waals surface area contributed by atoms with Crippen LogP contribution < -0.4 is 0 Å². The molecule has 0 aliphatic heterocycles. The van der Waals surface area contributed by atoms with Crippen molar-refractivity contribution < 1.29 is 27.2 Å². The maximum Gasteiger partial charge on any atom is 0.419 e. The Hall–Kier alpha value is -1.98. The summed E-state index contributed by atoms with van der Waals surface area (Å²) < 4.78 is 52.2. The molecule has 0 aromatic heterocycles. The Morgan fingerprint density at radius 3 is 2.59 bits per heavy atom. The van der Waals surface area contributed by atoms with Gasteiger partial charge in [-0.05, 0) is 30.9 Å². The van der Waals surface area contributed by atoms with Crippen molar-refractivity contribution in [2.45, 2.75) is 38.3 Å². The number of ketones is 2. The molecule has 0 amide bonds. The molecule has 1 aromatic rings. The molecule has 0 atom stereocenters. The summed E-state index contributed by atoms with van der Waals surface area (Å²) in [6.07, 6.45) is -1.39. The molecule has 1 aromatic carbocycles. The number of benzene rings is 1. The number of allylic oxidation sites excluding steroid dienone is 2. The Balaban J connectivity index is 2.32. The van der Waals surface area contributed by atoms with Gasteiger partial charge in [0.15, 0.2) is 11.6 Å². The number of alkyl halides is 3. The van der Waals surface area contributed by atoms with Gasteiger partial charge in [-0.25, -0.2) is 4.39 Å². The molecule has 0 heterocycles. The molecule has 2 nitrogen and oxygen atoms in total. The first-order chi connectivity index (χ1) is 10.3. The van der Waals surface area contributed by atoms with Gasteiger partial charge in [0.1, 0.15) is 11.4 Å². The molecule has 0 saturated heterocycles. The second kappa shape index (κ2) is 6.42. The van der Waals surface area contributed by atoms with Crippen molar-refractivity contribution in [3.05, 3.63) is 46.8 Å². The van der Waals surface area contributed by atoms with Crippen LogP contribution in [0.15, 0.2) is 29.8 Å². The molecule has 0 fully saturated rings. The summed E-state index contributed by atoms with van der Waals surface area (Å²) in [5, 5.41) is 0. The van der Waals surface area contributed by atoms with Crippen LogP contribution >= 0.6 is 0 Å². The fourth-order valence-corrected chi connectivity index (χ4v) is 2.46. The predicted octanol–water partition coefficient (Wildman–Crippen LogP) is 4.49. The van der Waals surface area contributed by atoms with Crippen molar-refractivity contribution in [1.82, 2.24) is 0 Å². The van der Waals surface area contributed by atoms with Crippen molar-refractivity contribution in [1.29, 1.82) is 0 Å². The van der Waals surface area contributed by atoms with E-state index in [9.17, 15) is 27.2 Å². The fourth-order valence-electron chi connectivity index (χ4n) is 2.46. The average molecular weight is 314 g/mol. The standard InChI is InChI=1S/C16H14F4O2/c17-12-7-4-6-11(15(12)16(18,19)20)14(22)9-10-5-2-1-3-8-13(10)21/h4-7H,1-3,8-9H2. The molecule has 0 radical (unpaired) electrons. The van der Waals surface area contributed by atoms with Crippen LogP contribution in [0.2, 0.25) is 0 Å². The third-order valence-electron chi connectivity index (χ3n) is 3.56. The number of carbonyl (C=O) groups is 2. The summed E-state index contributed by atoms with van der Waals surface area (Å²) in [5.74, 6) is -2.61. The lowest BCUT2D eigenvalue weighted by molar-refractivity contribution is -0.140. The lowest BCUT2D eigenvalue weighted by Crippen LogP contribution is -2.17. The average Bonchev–Trinajstić information content (AvgIpc) is 2.62. The van der Waals surface area contributed by atoms with Crippen LogP contribution in [-0.2, 0) is 11.0 Å². The molecule has 0 saturated carbocycles. The van der Waals surface area contributed by atoms with Crippen molar-refractivity contribution >= 4 is 11.6 Å². The Morgan fingerprint density at radius 2 is 1.91 bits per heavy atom. The number of Topliss-reactive ketones (excluding diaryl/α,β-unsaturated/α-hetero) is 2. The molecule has 0 N–H and O–H groups in total. The monoisotopic (exact) mass is 314 g/mol. The Morgan fingerprint density at radius 1 is 1.18 bits per heavy atom. The van der Waals surface area contributed by atoms with E-state index in [0.717, 1.165) is 18.6 Å². The number of hydrogen-bond acceptors (Lipinski definition) is 2. The van der Waals surface area contributed by atoms with Crippen molar-refractivity contribution in [2.24, 2.45) is 0 Å². The summed E-state index contributed by atoms with van der Waals surface area (Å²) in [7, 11) is 0. The first-order valence-electron chi connectivity index (χ1n) is 6.92. The molecule has 6 heteroatoms. The zero-order valence-corrected chi connectivity index (χ0v) is 11.7. The van der Waals surface area contributed by atoms with Crippen LogP contribution in [0.25, 0.3) is 0 Å². The normalized spacial score (nSPS) is 16.2. The highest BCUT2D eigenvalue weighted by atomic mass is 19.4. The molecule has 22 heavy (non-hydrogen) atoms. The maximum absolute atomic E-state index is 13.5. The minimum atomic E-state index is -4.96. The molecule has 1 aliphatic rings. The maximum atomic E-state index is 13.5. The van der Waals surface area contributed by atoms with Gasteiger partial charge in [0.25, 0.3) is 0 Å². The topological polar surface area (TPSA) is 34.1 Å². The van der Waals surface area contributed by atoms with Crippen LogP contribution in [0.1, 0.15) is 48.0 Å². The van der Waals surface area contributed by atoms with E-state index in [4.69, 9.17) is 0 Å². The van der Waals surface area contributed by atoms with Crippen molar-refractivity contribution in [3.8, 4) is 0 Å². The van der Waals surface area contributed by atoms with E-state index in [1.165, 1.54) is 0 Å². The van der Waals surface area contributed by atoms with Gasteiger partial charge in [0.05, 0.1) is 0 Å². The first-order valence-corrected chi connectivity index (χ1v) is 6.92. The highest BCUT2D eigenvalue weighted by Gasteiger charge is 2.38. The highest BCUT2D eigenvalue weighted by Crippen LogP contribution is 2.35. The lowest BCUT2D eigenvalue weighted by Gasteiger charge is -2.13. The van der Waals surface area contributed by atoms with Gasteiger partial charge in [0, 0.05) is 18.4 Å². The lowest BCUT2D eigenvalue weighted by atomic mass is 9.95. The van der Waals surface area contributed by atoms with E-state index in [0.29, 0.717) is 18.9 Å². The minimum Gasteiger partial charge on any atom is -0.295 e. The van der Waals surface area contributed by atoms with E-state index < -0.39 is 35.3 Å². The van der Waals surface area contributed by atoms with Crippen molar-refractivity contribution in [2.75, 3.05) is 0 Å². The number of carbonyl (C=O) groups excluding carboxylic acids is 2. The molecule has 2 rings (SSSR count). The first kappa shape index (κ1) is 16.4. The van der Waals surface area contributed by atoms with E-state index in [1.54, 1.807) is 6.08 Å². The Bertz CT molecular complexity index is 630. The summed E-state index contributed by atoms with van der Waals surface area (Å²) in [4.78, 5) is 23.9. The van der Waals surface area contributed by atoms with Gasteiger partial charge in [0.2, 0.25) is 0 Å². The van der Waals surface area contributed by atoms with Gasteiger partial charge < -0.3 is 0 Å². The molecule has 1 aliphatic carbocycles. The highest BCUT2D eigenvalue weighted by molar-refractivity contribution is 6.06. The number of halogens is 4. The van der Waals surface area contributed by atoms with Crippen LogP contribution in [0, 0.1) is 5.82 Å². The summed E-state index contributed by atoms with van der Waals surface area (Å²) in [5.41, 5.74) is -2.08. The quantitative estimate of drug-likeness (QED) is 0.608. The summed E-state index contributed by atoms with van der Waals surface area (Å²) >= 11 is 0. The molecule has 0 bridgehead atoms. The van der Waals surface area contributed by atoms with Crippen LogP contribution in [0.5, 0.6) is 0 Å². The molecular weight excluding hydrogens is 300 g/mol. The minimum absolute atomic E-state index is 0.222. The van der Waals surface area contributed by atoms with Gasteiger partial charge in [-0.3, -0.25) is 9.59 Å². The second-order valence-electron chi connectivity index (χ2n) is 5.16. The zero-order valence-electron chi connectivity index (χ0n) is 11.7. The van der Waals surface area contributed by atoms with E-state index in [1.807, 2.05) is 0 Å². The number of rotatable bonds is 3. The third-order valence-corrected chi connectivity index (χ3v) is 3.56. The van der Waals surface area contributed by atoms with Gasteiger partial charge in [-0.15, -0.1) is 0 Å². The smallest absolute Gasteiger partial charge is 0.295 e. The molecule has 0 unspecified atom stereocenters. The summed E-state index contributed by atoms with van der Waals surface area (Å²) in [6, 6.07) is 2.66. The van der Waals surface area contributed by atoms with Crippen LogP contribution in [0.3, 0.4) is 0 Å². The van der Waals surface area contributed by atoms with Gasteiger partial charge in [-0.2, -0.15) is 13.2 Å². The van der Waals surface area contributed by atoms with E-state index in [-0.39, 0.29) is 17.8 Å². The second-order valence-corrected chi connectivity index (χ2v) is 5.16.